The van der Waals surface area contributed by atoms with Gasteiger partial charge in [-0.25, -0.2) is 0 Å². The number of hydrogen-bond acceptors (Lipinski definition) is 5. The molecule has 2 aliphatic rings. The van der Waals surface area contributed by atoms with Gasteiger partial charge in [-0.3, -0.25) is 9.78 Å². The Hall–Kier alpha value is -2.44. The molecule has 2 aromatic rings. The van der Waals surface area contributed by atoms with Crippen LogP contribution in [0.4, 0.5) is 11.4 Å². The van der Waals surface area contributed by atoms with Gasteiger partial charge >= 0.3 is 0 Å². The van der Waals surface area contributed by atoms with Crippen LogP contribution in [-0.2, 0) is 16.8 Å². The number of benzene rings is 1. The summed E-state index contributed by atoms with van der Waals surface area (Å²) in [5.41, 5.74) is 3.14. The highest BCUT2D eigenvalue weighted by molar-refractivity contribution is 5.97. The van der Waals surface area contributed by atoms with E-state index in [0.717, 1.165) is 44.7 Å². The van der Waals surface area contributed by atoms with E-state index in [-0.39, 0.29) is 11.8 Å². The van der Waals surface area contributed by atoms with Crippen molar-refractivity contribution in [2.75, 3.05) is 49.6 Å². The van der Waals surface area contributed by atoms with Crippen LogP contribution in [0.5, 0.6) is 0 Å². The second-order valence-corrected chi connectivity index (χ2v) is 9.24. The summed E-state index contributed by atoms with van der Waals surface area (Å²) in [6.07, 6.45) is 4.60. The maximum atomic E-state index is 13.3. The van der Waals surface area contributed by atoms with E-state index in [2.05, 4.69) is 46.1 Å². The summed E-state index contributed by atoms with van der Waals surface area (Å²) in [5, 5.41) is 10.7. The number of pyridine rings is 1. The Kier molecular flexibility index (Phi) is 6.82. The number of aromatic nitrogens is 1. The van der Waals surface area contributed by atoms with Crippen LogP contribution in [0.3, 0.4) is 0 Å². The van der Waals surface area contributed by atoms with E-state index >= 15 is 0 Å². The number of hydrogen-bond donors (Lipinski definition) is 1. The fourth-order valence-corrected chi connectivity index (χ4v) is 4.92. The van der Waals surface area contributed by atoms with Crippen molar-refractivity contribution in [3.63, 3.8) is 0 Å². The van der Waals surface area contributed by atoms with Gasteiger partial charge in [-0.05, 0) is 56.5 Å². The lowest BCUT2D eigenvalue weighted by Gasteiger charge is -2.35. The third-order valence-electron chi connectivity index (χ3n) is 7.32. The third-order valence-corrected chi connectivity index (χ3v) is 7.32. The zero-order chi connectivity index (χ0) is 22.7. The number of carbonyl (C=O) groups is 1. The van der Waals surface area contributed by atoms with Crippen LogP contribution in [0, 0.1) is 5.92 Å². The number of piperazine rings is 1. The van der Waals surface area contributed by atoms with E-state index in [1.807, 2.05) is 30.9 Å². The Labute approximate surface area is 191 Å². The van der Waals surface area contributed by atoms with Crippen LogP contribution >= 0.6 is 0 Å². The van der Waals surface area contributed by atoms with Crippen LogP contribution in [0.25, 0.3) is 0 Å². The molecule has 0 unspecified atom stereocenters. The van der Waals surface area contributed by atoms with Crippen molar-refractivity contribution in [3.05, 3.63) is 53.9 Å². The van der Waals surface area contributed by atoms with Gasteiger partial charge in [0.1, 0.15) is 5.60 Å². The maximum absolute atomic E-state index is 13.3. The van der Waals surface area contributed by atoms with Crippen LogP contribution in [-0.4, -0.2) is 60.7 Å². The predicted octanol–water partition coefficient (Wildman–Crippen LogP) is 3.44. The molecular formula is C26H36N4O2. The second kappa shape index (κ2) is 9.59. The highest BCUT2D eigenvalue weighted by Crippen LogP contribution is 2.32. The van der Waals surface area contributed by atoms with Gasteiger partial charge in [0.05, 0.1) is 17.6 Å². The van der Waals surface area contributed by atoms with Crippen molar-refractivity contribution in [1.29, 1.82) is 0 Å². The minimum atomic E-state index is -0.900. The molecule has 172 valence electrons. The summed E-state index contributed by atoms with van der Waals surface area (Å²) in [4.78, 5) is 24.4. The molecule has 2 aliphatic heterocycles. The van der Waals surface area contributed by atoms with Gasteiger partial charge in [0.2, 0.25) is 5.91 Å². The Morgan fingerprint density at radius 2 is 1.75 bits per heavy atom. The second-order valence-electron chi connectivity index (χ2n) is 9.24. The van der Waals surface area contributed by atoms with E-state index in [1.165, 1.54) is 11.3 Å². The molecule has 6 nitrogen and oxygen atoms in total. The van der Waals surface area contributed by atoms with Gasteiger partial charge in [0, 0.05) is 44.3 Å². The first-order valence-electron chi connectivity index (χ1n) is 12.0. The molecule has 4 rings (SSSR count). The molecule has 1 aromatic heterocycles. The summed E-state index contributed by atoms with van der Waals surface area (Å²) < 4.78 is 0. The zero-order valence-corrected chi connectivity index (χ0v) is 19.6. The lowest BCUT2D eigenvalue weighted by Crippen LogP contribution is -2.44. The lowest BCUT2D eigenvalue weighted by atomic mass is 9.93. The number of para-hydroxylation sites is 1. The monoisotopic (exact) mass is 435 g/mol. The largest absolute Gasteiger partial charge is 0.384 e. The Morgan fingerprint density at radius 1 is 1.03 bits per heavy atom. The van der Waals surface area contributed by atoms with E-state index < -0.39 is 5.60 Å². The van der Waals surface area contributed by atoms with Gasteiger partial charge in [-0.2, -0.15) is 0 Å². The Bertz CT molecular complexity index is 918. The molecule has 0 radical (unpaired) electrons. The van der Waals surface area contributed by atoms with E-state index in [0.29, 0.717) is 25.1 Å². The van der Waals surface area contributed by atoms with Crippen LogP contribution in [0.15, 0.2) is 42.6 Å². The van der Waals surface area contributed by atoms with Crippen molar-refractivity contribution >= 4 is 17.3 Å². The van der Waals surface area contributed by atoms with E-state index in [9.17, 15) is 9.90 Å². The van der Waals surface area contributed by atoms with Crippen LogP contribution in [0.1, 0.15) is 44.4 Å². The summed E-state index contributed by atoms with van der Waals surface area (Å²) >= 11 is 0. The number of rotatable bonds is 7. The lowest BCUT2D eigenvalue weighted by molar-refractivity contribution is -0.120. The SMILES string of the molecule is CCC(O)(CC)c1ccc(N2CC[C@@H](Cc3ccccc3N3CCN([11CH3])CC3)C2=O)cn1. The van der Waals surface area contributed by atoms with E-state index in [4.69, 9.17) is 0 Å². The van der Waals surface area contributed by atoms with Gasteiger partial charge in [0.25, 0.3) is 0 Å². The molecular weight excluding hydrogens is 399 g/mol. The summed E-state index contributed by atoms with van der Waals surface area (Å²) in [5.74, 6) is 0.167. The number of amides is 1. The quantitative estimate of drug-likeness (QED) is 0.722. The van der Waals surface area contributed by atoms with E-state index in [1.54, 1.807) is 6.20 Å². The number of anilines is 2. The number of aliphatic hydroxyl groups is 1. The normalized spacial score (nSPS) is 20.2. The molecule has 1 amide bonds. The molecule has 6 heteroatoms. The Morgan fingerprint density at radius 3 is 2.41 bits per heavy atom. The van der Waals surface area contributed by atoms with Gasteiger partial charge in [0.15, 0.2) is 0 Å². The number of nitrogens with zero attached hydrogens (tertiary/aromatic N) is 4. The highest BCUT2D eigenvalue weighted by Gasteiger charge is 2.34. The smallest absolute Gasteiger partial charge is 0.230 e. The van der Waals surface area contributed by atoms with Crippen LogP contribution < -0.4 is 9.80 Å². The molecule has 1 N–H and O–H groups in total. The molecule has 0 aliphatic carbocycles. The standard InChI is InChI=1S/C26H36N4O2/c1-4-26(32,5-2)24-11-10-22(19-27-24)30-13-12-21(25(30)31)18-20-8-6-7-9-23(20)29-16-14-28(3)15-17-29/h6-11,19,21,32H,4-5,12-18H2,1-3H3/t21-/m0/s1/i3-1. The molecule has 0 saturated carbocycles. The van der Waals surface area contributed by atoms with Crippen molar-refractivity contribution in [3.8, 4) is 0 Å². The van der Waals surface area contributed by atoms with Crippen LogP contribution in [0.2, 0.25) is 0 Å². The molecule has 0 spiro atoms. The topological polar surface area (TPSA) is 59.9 Å². The number of likely N-dealkylation sites (N-methyl/N-ethyl adjacent to an activating group) is 1. The first-order valence-corrected chi connectivity index (χ1v) is 12.0. The van der Waals surface area contributed by atoms with Gasteiger partial charge in [-0.1, -0.05) is 32.0 Å². The fourth-order valence-electron chi connectivity index (χ4n) is 4.92. The molecule has 1 aromatic carbocycles. The van der Waals surface area contributed by atoms with Crippen molar-refractivity contribution in [2.45, 2.75) is 45.1 Å². The van der Waals surface area contributed by atoms with Crippen molar-refractivity contribution < 1.29 is 9.90 Å². The van der Waals surface area contributed by atoms with Gasteiger partial charge < -0.3 is 19.8 Å². The molecule has 2 saturated heterocycles. The highest BCUT2D eigenvalue weighted by atomic mass is 16.3. The predicted molar refractivity (Wildman–Crippen MR) is 129 cm³/mol. The van der Waals surface area contributed by atoms with Gasteiger partial charge in [-0.15, -0.1) is 0 Å². The third kappa shape index (κ3) is 4.52. The molecule has 3 heterocycles. The average Bonchev–Trinajstić information content (AvgIpc) is 3.19. The summed E-state index contributed by atoms with van der Waals surface area (Å²) in [7, 11) is 2.17. The molecule has 32 heavy (non-hydrogen) atoms. The summed E-state index contributed by atoms with van der Waals surface area (Å²) in [6, 6.07) is 12.3. The summed E-state index contributed by atoms with van der Waals surface area (Å²) in [6.45, 7) is 8.84. The molecule has 2 fully saturated rings. The maximum Gasteiger partial charge on any atom is 0.230 e. The first-order chi connectivity index (χ1) is 15.4. The Balaban J connectivity index is 1.46. The van der Waals surface area contributed by atoms with Crippen molar-refractivity contribution in [1.82, 2.24) is 9.88 Å². The zero-order valence-electron chi connectivity index (χ0n) is 19.6. The number of carbonyl (C=O) groups excluding carboxylic acids is 1. The van der Waals surface area contributed by atoms with Crippen molar-refractivity contribution in [2.24, 2.45) is 5.92 Å². The fraction of sp³-hybridized carbons (Fsp3) is 0.538. The minimum Gasteiger partial charge on any atom is -0.384 e. The molecule has 1 atom stereocenters. The molecule has 0 bridgehead atoms. The minimum absolute atomic E-state index is 0.00786. The first kappa shape index (κ1) is 22.7. The average molecular weight is 436 g/mol.